The van der Waals surface area contributed by atoms with E-state index in [1.807, 2.05) is 0 Å². The molecule has 4 nitrogen and oxygen atoms in total. The molecule has 0 bridgehead atoms. The molecule has 0 radical (unpaired) electrons. The lowest BCUT2D eigenvalue weighted by Crippen LogP contribution is -2.31. The van der Waals surface area contributed by atoms with Gasteiger partial charge in [-0.1, -0.05) is 19.3 Å². The number of aryl methyl sites for hydroxylation is 1. The standard InChI is InChI=1S/C14H21FN2O2S/c1-10-7-12(15)14(8-13(10)16)20(18,19)17-9-11-5-3-2-4-6-11/h7-8,11,17H,2-6,9,16H2,1H3. The quantitative estimate of drug-likeness (QED) is 0.839. The van der Waals surface area contributed by atoms with Gasteiger partial charge in [-0.3, -0.25) is 0 Å². The zero-order valence-corrected chi connectivity index (χ0v) is 12.5. The van der Waals surface area contributed by atoms with E-state index in [0.29, 0.717) is 18.0 Å². The number of benzene rings is 1. The Morgan fingerprint density at radius 2 is 1.95 bits per heavy atom. The van der Waals surface area contributed by atoms with Crippen LogP contribution in [0.2, 0.25) is 0 Å². The molecule has 20 heavy (non-hydrogen) atoms. The number of anilines is 1. The minimum Gasteiger partial charge on any atom is -0.398 e. The number of sulfonamides is 1. The van der Waals surface area contributed by atoms with Gasteiger partial charge in [-0.15, -0.1) is 0 Å². The van der Waals surface area contributed by atoms with Crippen molar-refractivity contribution in [3.05, 3.63) is 23.5 Å². The maximum atomic E-state index is 13.8. The molecule has 0 amide bonds. The Kier molecular flexibility index (Phi) is 4.65. The first-order valence-corrected chi connectivity index (χ1v) is 8.44. The van der Waals surface area contributed by atoms with E-state index in [0.717, 1.165) is 31.7 Å². The molecule has 2 rings (SSSR count). The molecular formula is C14H21FN2O2S. The molecule has 6 heteroatoms. The lowest BCUT2D eigenvalue weighted by Gasteiger charge is -2.21. The van der Waals surface area contributed by atoms with Crippen LogP contribution in [0.15, 0.2) is 17.0 Å². The van der Waals surface area contributed by atoms with Crippen LogP contribution in [-0.2, 0) is 10.0 Å². The van der Waals surface area contributed by atoms with Crippen molar-refractivity contribution in [3.63, 3.8) is 0 Å². The monoisotopic (exact) mass is 300 g/mol. The molecule has 1 aromatic rings. The first-order valence-electron chi connectivity index (χ1n) is 6.95. The molecule has 3 N–H and O–H groups in total. The molecule has 0 unspecified atom stereocenters. The van der Waals surface area contributed by atoms with Gasteiger partial charge in [-0.25, -0.2) is 17.5 Å². The van der Waals surface area contributed by atoms with Crippen molar-refractivity contribution in [2.24, 2.45) is 5.92 Å². The predicted octanol–water partition coefficient (Wildman–Crippen LogP) is 2.57. The normalized spacial score (nSPS) is 17.3. The molecule has 0 aliphatic heterocycles. The van der Waals surface area contributed by atoms with Gasteiger partial charge in [0.05, 0.1) is 0 Å². The van der Waals surface area contributed by atoms with Gasteiger partial charge in [0.1, 0.15) is 10.7 Å². The molecule has 1 saturated carbocycles. The lowest BCUT2D eigenvalue weighted by molar-refractivity contribution is 0.357. The fraction of sp³-hybridized carbons (Fsp3) is 0.571. The van der Waals surface area contributed by atoms with Crippen molar-refractivity contribution in [3.8, 4) is 0 Å². The fourth-order valence-electron chi connectivity index (χ4n) is 2.57. The maximum absolute atomic E-state index is 13.8. The highest BCUT2D eigenvalue weighted by Crippen LogP contribution is 2.24. The van der Waals surface area contributed by atoms with Gasteiger partial charge in [-0.05, 0) is 43.4 Å². The minimum atomic E-state index is -3.83. The van der Waals surface area contributed by atoms with Crippen molar-refractivity contribution < 1.29 is 12.8 Å². The lowest BCUT2D eigenvalue weighted by atomic mass is 9.90. The van der Waals surface area contributed by atoms with E-state index >= 15 is 0 Å². The predicted molar refractivity (Wildman–Crippen MR) is 77.3 cm³/mol. The molecule has 112 valence electrons. The zero-order valence-electron chi connectivity index (χ0n) is 11.7. The number of hydrogen-bond donors (Lipinski definition) is 2. The molecule has 0 atom stereocenters. The van der Waals surface area contributed by atoms with Crippen LogP contribution >= 0.6 is 0 Å². The van der Waals surface area contributed by atoms with Crippen LogP contribution < -0.4 is 10.5 Å². The largest absolute Gasteiger partial charge is 0.398 e. The fourth-order valence-corrected chi connectivity index (χ4v) is 3.78. The first-order chi connectivity index (χ1) is 9.40. The summed E-state index contributed by atoms with van der Waals surface area (Å²) < 4.78 is 40.6. The Morgan fingerprint density at radius 1 is 1.30 bits per heavy atom. The van der Waals surface area contributed by atoms with Crippen LogP contribution in [0.4, 0.5) is 10.1 Å². The zero-order chi connectivity index (χ0) is 14.8. The molecular weight excluding hydrogens is 279 g/mol. The van der Waals surface area contributed by atoms with Crippen LogP contribution in [0.25, 0.3) is 0 Å². The summed E-state index contributed by atoms with van der Waals surface area (Å²) in [6.45, 7) is 2.01. The average molecular weight is 300 g/mol. The summed E-state index contributed by atoms with van der Waals surface area (Å²) in [7, 11) is -3.83. The highest BCUT2D eigenvalue weighted by molar-refractivity contribution is 7.89. The third kappa shape index (κ3) is 3.49. The Labute approximate surface area is 119 Å². The number of halogens is 1. The average Bonchev–Trinajstić information content (AvgIpc) is 2.42. The molecule has 0 saturated heterocycles. The number of nitrogens with one attached hydrogen (secondary N) is 1. The SMILES string of the molecule is Cc1cc(F)c(S(=O)(=O)NCC2CCCCC2)cc1N. The minimum absolute atomic E-state index is 0.282. The smallest absolute Gasteiger partial charge is 0.243 e. The summed E-state index contributed by atoms with van der Waals surface area (Å²) in [5, 5.41) is 0. The molecule has 1 aliphatic carbocycles. The van der Waals surface area contributed by atoms with Gasteiger partial charge >= 0.3 is 0 Å². The van der Waals surface area contributed by atoms with E-state index in [1.165, 1.54) is 12.5 Å². The van der Waals surface area contributed by atoms with Gasteiger partial charge in [0.15, 0.2) is 0 Å². The van der Waals surface area contributed by atoms with Crippen LogP contribution in [0.5, 0.6) is 0 Å². The highest BCUT2D eigenvalue weighted by Gasteiger charge is 2.22. The third-order valence-electron chi connectivity index (χ3n) is 3.90. The molecule has 0 heterocycles. The van der Waals surface area contributed by atoms with E-state index in [-0.39, 0.29) is 10.6 Å². The van der Waals surface area contributed by atoms with E-state index in [9.17, 15) is 12.8 Å². The van der Waals surface area contributed by atoms with Crippen LogP contribution in [0, 0.1) is 18.7 Å². The van der Waals surface area contributed by atoms with Gasteiger partial charge in [-0.2, -0.15) is 0 Å². The van der Waals surface area contributed by atoms with Gasteiger partial charge in [0.25, 0.3) is 0 Å². The Balaban J connectivity index is 2.11. The van der Waals surface area contributed by atoms with Crippen LogP contribution in [-0.4, -0.2) is 15.0 Å². The Hall–Kier alpha value is -1.14. The van der Waals surface area contributed by atoms with Crippen LogP contribution in [0.3, 0.4) is 0 Å². The number of nitrogens with two attached hydrogens (primary N) is 1. The van der Waals surface area contributed by atoms with E-state index in [1.54, 1.807) is 6.92 Å². The van der Waals surface area contributed by atoms with Crippen molar-refractivity contribution >= 4 is 15.7 Å². The molecule has 1 fully saturated rings. The van der Waals surface area contributed by atoms with E-state index in [4.69, 9.17) is 5.73 Å². The van der Waals surface area contributed by atoms with Gasteiger partial charge in [0.2, 0.25) is 10.0 Å². The second kappa shape index (κ2) is 6.10. The van der Waals surface area contributed by atoms with Crippen molar-refractivity contribution in [1.29, 1.82) is 0 Å². The van der Waals surface area contributed by atoms with E-state index in [2.05, 4.69) is 4.72 Å². The number of nitrogen functional groups attached to an aromatic ring is 1. The molecule has 0 aromatic heterocycles. The first kappa shape index (κ1) is 15.3. The number of rotatable bonds is 4. The van der Waals surface area contributed by atoms with Crippen molar-refractivity contribution in [2.75, 3.05) is 12.3 Å². The molecule has 0 spiro atoms. The van der Waals surface area contributed by atoms with Crippen molar-refractivity contribution in [2.45, 2.75) is 43.9 Å². The molecule has 1 aliphatic rings. The topological polar surface area (TPSA) is 72.2 Å². The van der Waals surface area contributed by atoms with Crippen molar-refractivity contribution in [1.82, 2.24) is 4.72 Å². The maximum Gasteiger partial charge on any atom is 0.243 e. The second-order valence-electron chi connectivity index (χ2n) is 5.50. The second-order valence-corrected chi connectivity index (χ2v) is 7.23. The highest BCUT2D eigenvalue weighted by atomic mass is 32.2. The summed E-state index contributed by atoms with van der Waals surface area (Å²) in [5.74, 6) is -0.405. The third-order valence-corrected chi connectivity index (χ3v) is 5.34. The van der Waals surface area contributed by atoms with Crippen LogP contribution in [0.1, 0.15) is 37.7 Å². The summed E-state index contributed by atoms with van der Waals surface area (Å²) >= 11 is 0. The molecule has 1 aromatic carbocycles. The Bertz CT molecular complexity index is 581. The Morgan fingerprint density at radius 3 is 2.60 bits per heavy atom. The van der Waals surface area contributed by atoms with Gasteiger partial charge < -0.3 is 5.73 Å². The summed E-state index contributed by atoms with van der Waals surface area (Å²) in [5.41, 5.74) is 6.48. The summed E-state index contributed by atoms with van der Waals surface area (Å²) in [6.07, 6.45) is 5.55. The van der Waals surface area contributed by atoms with E-state index < -0.39 is 15.8 Å². The van der Waals surface area contributed by atoms with Gasteiger partial charge in [0, 0.05) is 12.2 Å². The summed E-state index contributed by atoms with van der Waals surface area (Å²) in [4.78, 5) is -0.364. The summed E-state index contributed by atoms with van der Waals surface area (Å²) in [6, 6.07) is 2.35. The number of hydrogen-bond acceptors (Lipinski definition) is 3.